The number of nitrogens with one attached hydrogen (secondary N) is 1. The van der Waals surface area contributed by atoms with Gasteiger partial charge >= 0.3 is 0 Å². The fraction of sp³-hybridized carbons (Fsp3) is 0.625. The summed E-state index contributed by atoms with van der Waals surface area (Å²) in [5.41, 5.74) is 0.865. The monoisotopic (exact) mass is 292 g/mol. The van der Waals surface area contributed by atoms with Gasteiger partial charge in [0.05, 0.1) is 0 Å². The normalized spacial score (nSPS) is 20.5. The predicted molar refractivity (Wildman–Crippen MR) is 80.6 cm³/mol. The highest BCUT2D eigenvalue weighted by molar-refractivity contribution is 5.50. The maximum Gasteiger partial charge on any atom is 0.231 e. The molecule has 5 nitrogen and oxygen atoms in total. The third-order valence-electron chi connectivity index (χ3n) is 4.39. The number of aliphatic hydroxyl groups is 1. The SMILES string of the molecule is CC(C)(CO)[C@@H](c1cccc2c1OCO2)N1CCNCC1. The third kappa shape index (κ3) is 2.73. The van der Waals surface area contributed by atoms with Gasteiger partial charge in [0.25, 0.3) is 0 Å². The van der Waals surface area contributed by atoms with Crippen molar-refractivity contribution in [2.24, 2.45) is 5.41 Å². The molecule has 2 aliphatic heterocycles. The maximum atomic E-state index is 9.89. The van der Waals surface area contributed by atoms with Gasteiger partial charge in [-0.1, -0.05) is 26.0 Å². The summed E-state index contributed by atoms with van der Waals surface area (Å²) in [7, 11) is 0. The van der Waals surface area contributed by atoms with Gasteiger partial charge < -0.3 is 19.9 Å². The van der Waals surface area contributed by atoms with E-state index in [0.29, 0.717) is 0 Å². The molecule has 2 N–H and O–H groups in total. The van der Waals surface area contributed by atoms with Gasteiger partial charge in [-0.25, -0.2) is 0 Å². The molecule has 0 spiro atoms. The molecule has 5 heteroatoms. The maximum absolute atomic E-state index is 9.89. The summed E-state index contributed by atoms with van der Waals surface area (Å²) in [6.07, 6.45) is 0. The largest absolute Gasteiger partial charge is 0.454 e. The Morgan fingerprint density at radius 1 is 1.29 bits per heavy atom. The van der Waals surface area contributed by atoms with Crippen molar-refractivity contribution >= 4 is 0 Å². The first-order valence-electron chi connectivity index (χ1n) is 7.57. The van der Waals surface area contributed by atoms with Gasteiger partial charge in [-0.05, 0) is 6.07 Å². The lowest BCUT2D eigenvalue weighted by atomic mass is 9.79. The molecule has 0 unspecified atom stereocenters. The average molecular weight is 292 g/mol. The molecule has 2 heterocycles. The fourth-order valence-electron chi connectivity index (χ4n) is 3.31. The van der Waals surface area contributed by atoms with Gasteiger partial charge in [0.1, 0.15) is 0 Å². The van der Waals surface area contributed by atoms with Gasteiger partial charge in [-0.3, -0.25) is 4.90 Å². The summed E-state index contributed by atoms with van der Waals surface area (Å²) in [4.78, 5) is 2.43. The molecular formula is C16H24N2O3. The Hall–Kier alpha value is -1.30. The van der Waals surface area contributed by atoms with Crippen molar-refractivity contribution in [1.82, 2.24) is 10.2 Å². The molecule has 0 amide bonds. The van der Waals surface area contributed by atoms with E-state index in [9.17, 15) is 5.11 Å². The Kier molecular flexibility index (Phi) is 4.06. The molecule has 1 aromatic rings. The zero-order valence-electron chi connectivity index (χ0n) is 12.8. The number of aliphatic hydroxyl groups excluding tert-OH is 1. The Bertz CT molecular complexity index is 498. The van der Waals surface area contributed by atoms with Crippen LogP contribution in [0.5, 0.6) is 11.5 Å². The van der Waals surface area contributed by atoms with Crippen molar-refractivity contribution in [2.45, 2.75) is 19.9 Å². The minimum absolute atomic E-state index is 0.112. The van der Waals surface area contributed by atoms with Crippen molar-refractivity contribution < 1.29 is 14.6 Å². The lowest BCUT2D eigenvalue weighted by Crippen LogP contribution is -2.49. The third-order valence-corrected chi connectivity index (χ3v) is 4.39. The first-order chi connectivity index (χ1) is 10.1. The van der Waals surface area contributed by atoms with Crippen LogP contribution in [0.15, 0.2) is 18.2 Å². The van der Waals surface area contributed by atoms with E-state index in [2.05, 4.69) is 30.1 Å². The molecule has 0 saturated carbocycles. The van der Waals surface area contributed by atoms with Crippen LogP contribution >= 0.6 is 0 Å². The molecular weight excluding hydrogens is 268 g/mol. The van der Waals surface area contributed by atoms with E-state index in [-0.39, 0.29) is 24.9 Å². The zero-order valence-corrected chi connectivity index (χ0v) is 12.8. The summed E-state index contributed by atoms with van der Waals surface area (Å²) >= 11 is 0. The number of hydrogen-bond acceptors (Lipinski definition) is 5. The van der Waals surface area contributed by atoms with Crippen molar-refractivity contribution in [1.29, 1.82) is 0 Å². The van der Waals surface area contributed by atoms with Crippen LogP contribution in [0.4, 0.5) is 0 Å². The minimum atomic E-state index is -0.252. The second-order valence-corrected chi connectivity index (χ2v) is 6.42. The van der Waals surface area contributed by atoms with Gasteiger partial charge in [0.15, 0.2) is 11.5 Å². The minimum Gasteiger partial charge on any atom is -0.454 e. The standard InChI is InChI=1S/C16H24N2O3/c1-16(2,10-19)15(18-8-6-17-7-9-18)12-4-3-5-13-14(12)21-11-20-13/h3-5,15,17,19H,6-11H2,1-2H3/t15-/m1/s1. The molecule has 21 heavy (non-hydrogen) atoms. The number of nitrogens with zero attached hydrogens (tertiary/aromatic N) is 1. The number of piperazine rings is 1. The second kappa shape index (κ2) is 5.83. The summed E-state index contributed by atoms with van der Waals surface area (Å²) in [5.74, 6) is 1.64. The van der Waals surface area contributed by atoms with Gasteiger partial charge in [-0.15, -0.1) is 0 Å². The van der Waals surface area contributed by atoms with Crippen molar-refractivity contribution in [3.05, 3.63) is 23.8 Å². The molecule has 1 fully saturated rings. The number of benzene rings is 1. The fourth-order valence-corrected chi connectivity index (χ4v) is 3.31. The summed E-state index contributed by atoms with van der Waals surface area (Å²) < 4.78 is 11.2. The molecule has 0 bridgehead atoms. The van der Waals surface area contributed by atoms with E-state index in [0.717, 1.165) is 43.2 Å². The first kappa shape index (κ1) is 14.6. The highest BCUT2D eigenvalue weighted by Crippen LogP contribution is 2.46. The highest BCUT2D eigenvalue weighted by atomic mass is 16.7. The van der Waals surface area contributed by atoms with Crippen molar-refractivity contribution in [3.8, 4) is 11.5 Å². The molecule has 2 aliphatic rings. The first-order valence-corrected chi connectivity index (χ1v) is 7.57. The van der Waals surface area contributed by atoms with Crippen LogP contribution < -0.4 is 14.8 Å². The van der Waals surface area contributed by atoms with E-state index in [1.165, 1.54) is 0 Å². The summed E-state index contributed by atoms with van der Waals surface area (Å²) in [6, 6.07) is 6.15. The summed E-state index contributed by atoms with van der Waals surface area (Å²) in [5, 5.41) is 13.3. The number of rotatable bonds is 4. The Balaban J connectivity index is 2.01. The van der Waals surface area contributed by atoms with Crippen LogP contribution in [0.1, 0.15) is 25.5 Å². The number of hydrogen-bond donors (Lipinski definition) is 2. The molecule has 0 aliphatic carbocycles. The molecule has 1 atom stereocenters. The van der Waals surface area contributed by atoms with Crippen LogP contribution in [-0.2, 0) is 0 Å². The van der Waals surface area contributed by atoms with Gasteiger partial charge in [0.2, 0.25) is 6.79 Å². The number of fused-ring (bicyclic) bond motifs is 1. The smallest absolute Gasteiger partial charge is 0.231 e. The molecule has 1 aromatic carbocycles. The average Bonchev–Trinajstić information content (AvgIpc) is 2.98. The Morgan fingerprint density at radius 3 is 2.76 bits per heavy atom. The quantitative estimate of drug-likeness (QED) is 0.878. The topological polar surface area (TPSA) is 54.0 Å². The number of para-hydroxylation sites is 1. The molecule has 0 radical (unpaired) electrons. The molecule has 3 rings (SSSR count). The van der Waals surface area contributed by atoms with E-state index in [4.69, 9.17) is 9.47 Å². The predicted octanol–water partition coefficient (Wildman–Crippen LogP) is 1.38. The van der Waals surface area contributed by atoms with E-state index in [1.807, 2.05) is 12.1 Å². The van der Waals surface area contributed by atoms with Gasteiger partial charge in [0, 0.05) is 49.8 Å². The van der Waals surface area contributed by atoms with Crippen LogP contribution in [0, 0.1) is 5.41 Å². The highest BCUT2D eigenvalue weighted by Gasteiger charge is 2.38. The summed E-state index contributed by atoms with van der Waals surface area (Å²) in [6.45, 7) is 8.52. The molecule has 116 valence electrons. The van der Waals surface area contributed by atoms with Crippen LogP contribution in [0.3, 0.4) is 0 Å². The van der Waals surface area contributed by atoms with E-state index >= 15 is 0 Å². The van der Waals surface area contributed by atoms with Crippen LogP contribution in [-0.4, -0.2) is 49.6 Å². The Labute approximate surface area is 125 Å². The second-order valence-electron chi connectivity index (χ2n) is 6.42. The van der Waals surface area contributed by atoms with Crippen LogP contribution in [0.25, 0.3) is 0 Å². The lowest BCUT2D eigenvalue weighted by molar-refractivity contribution is 0.0290. The van der Waals surface area contributed by atoms with E-state index in [1.54, 1.807) is 0 Å². The van der Waals surface area contributed by atoms with Crippen LogP contribution in [0.2, 0.25) is 0 Å². The number of ether oxygens (including phenoxy) is 2. The Morgan fingerprint density at radius 2 is 2.05 bits per heavy atom. The zero-order chi connectivity index (χ0) is 14.9. The van der Waals surface area contributed by atoms with E-state index < -0.39 is 0 Å². The molecule has 0 aromatic heterocycles. The molecule has 1 saturated heterocycles. The van der Waals surface area contributed by atoms with Crippen molar-refractivity contribution in [3.63, 3.8) is 0 Å². The lowest BCUT2D eigenvalue weighted by Gasteiger charge is -2.43. The van der Waals surface area contributed by atoms with Crippen molar-refractivity contribution in [2.75, 3.05) is 39.6 Å². The van der Waals surface area contributed by atoms with Gasteiger partial charge in [-0.2, -0.15) is 0 Å².